The third-order valence-electron chi connectivity index (χ3n) is 6.21. The average Bonchev–Trinajstić information content (AvgIpc) is 3.23. The molecular weight excluding hydrogens is 494 g/mol. The number of rotatable bonds is 5. The van der Waals surface area contributed by atoms with Gasteiger partial charge in [-0.25, -0.2) is 14.1 Å². The van der Waals surface area contributed by atoms with Crippen molar-refractivity contribution in [3.63, 3.8) is 0 Å². The normalized spacial score (nSPS) is 15.0. The lowest BCUT2D eigenvalue weighted by molar-refractivity contribution is 0.347. The molecule has 0 aliphatic heterocycles. The molecule has 0 radical (unpaired) electrons. The van der Waals surface area contributed by atoms with Gasteiger partial charge in [0.25, 0.3) is 5.56 Å². The van der Waals surface area contributed by atoms with Crippen LogP contribution in [0.25, 0.3) is 28.2 Å². The molecule has 1 atom stereocenters. The van der Waals surface area contributed by atoms with E-state index in [0.717, 1.165) is 32.1 Å². The average molecular weight is 517 g/mol. The minimum absolute atomic E-state index is 0.0371. The number of benzene rings is 2. The molecule has 1 aliphatic rings. The molecule has 10 heteroatoms. The molecule has 1 aliphatic carbocycles. The second-order valence-electron chi connectivity index (χ2n) is 8.28. The van der Waals surface area contributed by atoms with Crippen LogP contribution in [0.2, 0.25) is 10.0 Å². The Morgan fingerprint density at radius 2 is 1.71 bits per heavy atom. The lowest BCUT2D eigenvalue weighted by Gasteiger charge is -2.24. The minimum Gasteiger partial charge on any atom is -0.344 e. The van der Waals surface area contributed by atoms with E-state index >= 15 is 0 Å². The standard InChI is InChI=1S/C24H23Cl2N4O3P/c1-33-34-30-23(31)20-22(29(24(30)32)16-7-3-2-4-8-16)27-21(18-9-5-6-10-19(18)26)28(20)17-13-11-15(25)12-14-17/h5-6,9-14,16,34H,2-4,7-8H2,1H3. The van der Waals surface area contributed by atoms with Gasteiger partial charge < -0.3 is 4.52 Å². The maximum Gasteiger partial charge on any atom is 0.338 e. The monoisotopic (exact) mass is 516 g/mol. The zero-order valence-electron chi connectivity index (χ0n) is 18.5. The van der Waals surface area contributed by atoms with Crippen molar-refractivity contribution in [1.82, 2.24) is 18.5 Å². The summed E-state index contributed by atoms with van der Waals surface area (Å²) in [7, 11) is 1.04. The first-order chi connectivity index (χ1) is 16.5. The Morgan fingerprint density at radius 1 is 1.00 bits per heavy atom. The summed E-state index contributed by atoms with van der Waals surface area (Å²) in [6, 6.07) is 14.5. The van der Waals surface area contributed by atoms with Crippen LogP contribution in [0.3, 0.4) is 0 Å². The SMILES string of the molecule is COPn1c(=O)c2c(nc(-c3ccccc3Cl)n2-c2ccc(Cl)cc2)n(C2CCCCC2)c1=O. The van der Waals surface area contributed by atoms with Crippen LogP contribution in [0, 0.1) is 0 Å². The van der Waals surface area contributed by atoms with Crippen molar-refractivity contribution >= 4 is 43.3 Å². The fourth-order valence-corrected chi connectivity index (χ4v) is 5.57. The van der Waals surface area contributed by atoms with Gasteiger partial charge in [0, 0.05) is 29.4 Å². The quantitative estimate of drug-likeness (QED) is 0.313. The highest BCUT2D eigenvalue weighted by atomic mass is 35.5. The van der Waals surface area contributed by atoms with Crippen molar-refractivity contribution in [3.8, 4) is 17.1 Å². The number of halogens is 2. The van der Waals surface area contributed by atoms with Crippen LogP contribution in [0.15, 0.2) is 58.1 Å². The first-order valence-corrected chi connectivity index (χ1v) is 12.7. The van der Waals surface area contributed by atoms with Crippen LogP contribution >= 0.6 is 32.2 Å². The Bertz CT molecular complexity index is 1470. The second-order valence-corrected chi connectivity index (χ2v) is 10.2. The van der Waals surface area contributed by atoms with Crippen LogP contribution in [0.1, 0.15) is 38.1 Å². The third kappa shape index (κ3) is 4.01. The van der Waals surface area contributed by atoms with Crippen molar-refractivity contribution in [2.45, 2.75) is 38.1 Å². The van der Waals surface area contributed by atoms with E-state index in [0.29, 0.717) is 38.3 Å². The molecule has 2 aromatic carbocycles. The van der Waals surface area contributed by atoms with E-state index in [2.05, 4.69) is 0 Å². The van der Waals surface area contributed by atoms with Gasteiger partial charge in [-0.05, 0) is 49.2 Å². The number of hydrogen-bond acceptors (Lipinski definition) is 4. The van der Waals surface area contributed by atoms with Crippen LogP contribution in [-0.4, -0.2) is 25.6 Å². The molecule has 4 aromatic rings. The number of imidazole rings is 1. The molecular formula is C24H23Cl2N4O3P. The number of aromatic nitrogens is 4. The van der Waals surface area contributed by atoms with Gasteiger partial charge in [0.1, 0.15) is 14.8 Å². The van der Waals surface area contributed by atoms with Gasteiger partial charge in [0.05, 0.1) is 5.02 Å². The van der Waals surface area contributed by atoms with E-state index in [1.807, 2.05) is 30.3 Å². The first-order valence-electron chi connectivity index (χ1n) is 11.1. The van der Waals surface area contributed by atoms with Crippen molar-refractivity contribution in [1.29, 1.82) is 0 Å². The molecule has 0 N–H and O–H groups in total. The smallest absolute Gasteiger partial charge is 0.338 e. The molecule has 34 heavy (non-hydrogen) atoms. The molecule has 0 amide bonds. The minimum atomic E-state index is -0.451. The highest BCUT2D eigenvalue weighted by Gasteiger charge is 2.28. The fraction of sp³-hybridized carbons (Fsp3) is 0.292. The zero-order chi connectivity index (χ0) is 23.8. The summed E-state index contributed by atoms with van der Waals surface area (Å²) in [5.41, 5.74) is 1.19. The molecule has 176 valence electrons. The summed E-state index contributed by atoms with van der Waals surface area (Å²) in [6.07, 6.45) is 4.91. The summed E-state index contributed by atoms with van der Waals surface area (Å²) in [5, 5.41) is 1.07. The number of hydrogen-bond donors (Lipinski definition) is 0. The largest absolute Gasteiger partial charge is 0.344 e. The predicted octanol–water partition coefficient (Wildman–Crippen LogP) is 5.83. The van der Waals surface area contributed by atoms with Gasteiger partial charge in [-0.3, -0.25) is 13.9 Å². The predicted molar refractivity (Wildman–Crippen MR) is 138 cm³/mol. The van der Waals surface area contributed by atoms with E-state index in [1.54, 1.807) is 27.3 Å². The molecule has 1 unspecified atom stereocenters. The van der Waals surface area contributed by atoms with Gasteiger partial charge in [0.2, 0.25) is 0 Å². The van der Waals surface area contributed by atoms with E-state index < -0.39 is 20.2 Å². The summed E-state index contributed by atoms with van der Waals surface area (Å²) < 4.78 is 9.89. The molecule has 0 bridgehead atoms. The Labute approximate surface area is 207 Å². The Kier molecular flexibility index (Phi) is 6.63. The molecule has 0 saturated heterocycles. The van der Waals surface area contributed by atoms with E-state index in [9.17, 15) is 9.59 Å². The van der Waals surface area contributed by atoms with Gasteiger partial charge in [0.15, 0.2) is 11.2 Å². The topological polar surface area (TPSA) is 71.1 Å². The lowest BCUT2D eigenvalue weighted by Crippen LogP contribution is -2.39. The molecule has 0 spiro atoms. The van der Waals surface area contributed by atoms with Crippen LogP contribution in [0.5, 0.6) is 0 Å². The molecule has 1 fully saturated rings. The van der Waals surface area contributed by atoms with Gasteiger partial charge >= 0.3 is 5.69 Å². The second kappa shape index (κ2) is 9.67. The van der Waals surface area contributed by atoms with Crippen molar-refractivity contribution in [2.24, 2.45) is 0 Å². The third-order valence-corrected chi connectivity index (χ3v) is 7.55. The Morgan fingerprint density at radius 3 is 2.38 bits per heavy atom. The van der Waals surface area contributed by atoms with Crippen LogP contribution < -0.4 is 11.2 Å². The summed E-state index contributed by atoms with van der Waals surface area (Å²) >= 11 is 12.7. The summed E-state index contributed by atoms with van der Waals surface area (Å²) in [6.45, 7) is 0. The summed E-state index contributed by atoms with van der Waals surface area (Å²) in [4.78, 5) is 32.2. The molecule has 2 heterocycles. The van der Waals surface area contributed by atoms with Gasteiger partial charge in [-0.2, -0.15) is 0 Å². The van der Waals surface area contributed by atoms with Crippen molar-refractivity contribution in [3.05, 3.63) is 79.4 Å². The fourth-order valence-electron chi connectivity index (χ4n) is 4.66. The number of nitrogens with zero attached hydrogens (tertiary/aromatic N) is 4. The van der Waals surface area contributed by atoms with Crippen molar-refractivity contribution in [2.75, 3.05) is 7.11 Å². The highest BCUT2D eigenvalue weighted by molar-refractivity contribution is 7.30. The van der Waals surface area contributed by atoms with E-state index in [1.165, 1.54) is 11.4 Å². The number of fused-ring (bicyclic) bond motifs is 1. The zero-order valence-corrected chi connectivity index (χ0v) is 21.0. The van der Waals surface area contributed by atoms with Crippen LogP contribution in [0.4, 0.5) is 0 Å². The van der Waals surface area contributed by atoms with Gasteiger partial charge in [-0.1, -0.05) is 54.6 Å². The maximum atomic E-state index is 13.7. The Hall–Kier alpha value is -2.44. The van der Waals surface area contributed by atoms with E-state index in [-0.39, 0.29) is 6.04 Å². The summed E-state index contributed by atoms with van der Waals surface area (Å²) in [5.74, 6) is 0.488. The van der Waals surface area contributed by atoms with E-state index in [4.69, 9.17) is 32.7 Å². The lowest BCUT2D eigenvalue weighted by atomic mass is 9.95. The van der Waals surface area contributed by atoms with Crippen molar-refractivity contribution < 1.29 is 4.52 Å². The molecule has 2 aromatic heterocycles. The molecule has 7 nitrogen and oxygen atoms in total. The molecule has 1 saturated carbocycles. The van der Waals surface area contributed by atoms with Crippen LogP contribution in [-0.2, 0) is 4.52 Å². The first kappa shape index (κ1) is 23.3. The van der Waals surface area contributed by atoms with Gasteiger partial charge in [-0.15, -0.1) is 0 Å². The molecule has 5 rings (SSSR count). The Balaban J connectivity index is 1.94. The highest BCUT2D eigenvalue weighted by Crippen LogP contribution is 2.34. The maximum absolute atomic E-state index is 13.7.